The molecular formula is C7H12N4. The predicted molar refractivity (Wildman–Crippen MR) is 44.3 cm³/mol. The van der Waals surface area contributed by atoms with Crippen molar-refractivity contribution in [3.63, 3.8) is 0 Å². The van der Waals surface area contributed by atoms with Gasteiger partial charge in [0.2, 0.25) is 0 Å². The third kappa shape index (κ3) is 1.88. The molecule has 0 aliphatic rings. The topological polar surface area (TPSA) is 55.0 Å². The fourth-order valence-corrected chi connectivity index (χ4v) is 0.684. The molecule has 0 fully saturated rings. The third-order valence-corrected chi connectivity index (χ3v) is 1.36. The molecule has 0 aromatic carbocycles. The Morgan fingerprint density at radius 1 is 1.36 bits per heavy atom. The Morgan fingerprint density at radius 3 is 2.45 bits per heavy atom. The van der Waals surface area contributed by atoms with E-state index in [1.54, 1.807) is 12.4 Å². The maximum atomic E-state index is 5.36. The number of aromatic nitrogens is 2. The quantitative estimate of drug-likeness (QED) is 0.648. The molecule has 1 aromatic rings. The highest BCUT2D eigenvalue weighted by Crippen LogP contribution is 2.02. The molecule has 0 atom stereocenters. The molecule has 1 rings (SSSR count). The summed E-state index contributed by atoms with van der Waals surface area (Å²) in [7, 11) is 3.85. The van der Waals surface area contributed by atoms with Gasteiger partial charge in [0, 0.05) is 20.6 Å². The molecule has 0 spiro atoms. The minimum absolute atomic E-state index is 0.445. The van der Waals surface area contributed by atoms with Crippen molar-refractivity contribution in [1.29, 1.82) is 0 Å². The van der Waals surface area contributed by atoms with Crippen molar-refractivity contribution in [2.45, 2.75) is 6.54 Å². The van der Waals surface area contributed by atoms with E-state index in [1.165, 1.54) is 0 Å². The smallest absolute Gasteiger partial charge is 0.146 e. The molecule has 0 aliphatic heterocycles. The highest BCUT2D eigenvalue weighted by atomic mass is 15.1. The first-order valence-electron chi connectivity index (χ1n) is 3.42. The van der Waals surface area contributed by atoms with Crippen LogP contribution in [-0.2, 0) is 6.54 Å². The molecule has 11 heavy (non-hydrogen) atoms. The lowest BCUT2D eigenvalue weighted by atomic mass is 10.4. The largest absolute Gasteiger partial charge is 0.361 e. The van der Waals surface area contributed by atoms with Crippen LogP contribution < -0.4 is 10.6 Å². The molecular weight excluding hydrogens is 140 g/mol. The van der Waals surface area contributed by atoms with Gasteiger partial charge in [0.25, 0.3) is 0 Å². The number of anilines is 1. The second kappa shape index (κ2) is 3.30. The summed E-state index contributed by atoms with van der Waals surface area (Å²) < 4.78 is 0. The van der Waals surface area contributed by atoms with Crippen LogP contribution in [0, 0.1) is 0 Å². The molecule has 0 saturated heterocycles. The zero-order chi connectivity index (χ0) is 8.27. The van der Waals surface area contributed by atoms with Gasteiger partial charge in [0.05, 0.1) is 18.1 Å². The van der Waals surface area contributed by atoms with E-state index in [9.17, 15) is 0 Å². The standard InChI is InChI=1S/C7H12N4/c1-11(2)7-5-9-6(3-8)4-10-7/h4-5H,3,8H2,1-2H3. The summed E-state index contributed by atoms with van der Waals surface area (Å²) in [6.45, 7) is 0.445. The van der Waals surface area contributed by atoms with Crippen LogP contribution >= 0.6 is 0 Å². The van der Waals surface area contributed by atoms with E-state index >= 15 is 0 Å². The lowest BCUT2D eigenvalue weighted by Crippen LogP contribution is -2.11. The van der Waals surface area contributed by atoms with E-state index in [1.807, 2.05) is 19.0 Å². The van der Waals surface area contributed by atoms with Gasteiger partial charge in [-0.25, -0.2) is 4.98 Å². The summed E-state index contributed by atoms with van der Waals surface area (Å²) in [5, 5.41) is 0. The van der Waals surface area contributed by atoms with Crippen LogP contribution in [0.5, 0.6) is 0 Å². The summed E-state index contributed by atoms with van der Waals surface area (Å²) in [6.07, 6.45) is 3.40. The summed E-state index contributed by atoms with van der Waals surface area (Å²) in [5.41, 5.74) is 6.18. The second-order valence-corrected chi connectivity index (χ2v) is 2.46. The highest BCUT2D eigenvalue weighted by molar-refractivity contribution is 5.32. The molecule has 0 amide bonds. The normalized spacial score (nSPS) is 9.73. The zero-order valence-corrected chi connectivity index (χ0v) is 6.78. The Bertz CT molecular complexity index is 216. The lowest BCUT2D eigenvalue weighted by molar-refractivity contribution is 0.943. The summed E-state index contributed by atoms with van der Waals surface area (Å²) in [6, 6.07) is 0. The van der Waals surface area contributed by atoms with Crippen LogP contribution in [-0.4, -0.2) is 24.1 Å². The van der Waals surface area contributed by atoms with Gasteiger partial charge in [0.15, 0.2) is 0 Å². The van der Waals surface area contributed by atoms with Gasteiger partial charge in [-0.05, 0) is 0 Å². The minimum Gasteiger partial charge on any atom is -0.361 e. The molecule has 4 heteroatoms. The molecule has 4 nitrogen and oxygen atoms in total. The highest BCUT2D eigenvalue weighted by Gasteiger charge is 1.96. The summed E-state index contributed by atoms with van der Waals surface area (Å²) in [4.78, 5) is 10.1. The summed E-state index contributed by atoms with van der Waals surface area (Å²) in [5.74, 6) is 0.849. The Morgan fingerprint density at radius 2 is 2.09 bits per heavy atom. The zero-order valence-electron chi connectivity index (χ0n) is 6.78. The molecule has 1 heterocycles. The summed E-state index contributed by atoms with van der Waals surface area (Å²) >= 11 is 0. The van der Waals surface area contributed by atoms with Gasteiger partial charge >= 0.3 is 0 Å². The fourth-order valence-electron chi connectivity index (χ4n) is 0.684. The van der Waals surface area contributed by atoms with Crippen molar-refractivity contribution in [3.05, 3.63) is 18.1 Å². The van der Waals surface area contributed by atoms with E-state index in [-0.39, 0.29) is 0 Å². The number of nitrogens with two attached hydrogens (primary N) is 1. The number of nitrogens with zero attached hydrogens (tertiary/aromatic N) is 3. The van der Waals surface area contributed by atoms with Gasteiger partial charge < -0.3 is 10.6 Å². The molecule has 0 radical (unpaired) electrons. The van der Waals surface area contributed by atoms with Gasteiger partial charge in [0.1, 0.15) is 5.82 Å². The second-order valence-electron chi connectivity index (χ2n) is 2.46. The monoisotopic (exact) mass is 152 g/mol. The van der Waals surface area contributed by atoms with Crippen LogP contribution in [0.25, 0.3) is 0 Å². The molecule has 1 aromatic heterocycles. The first kappa shape index (κ1) is 7.94. The van der Waals surface area contributed by atoms with Gasteiger partial charge in [-0.3, -0.25) is 4.98 Å². The van der Waals surface area contributed by atoms with Crippen LogP contribution in [0.15, 0.2) is 12.4 Å². The molecule has 0 aliphatic carbocycles. The van der Waals surface area contributed by atoms with Crippen molar-refractivity contribution in [3.8, 4) is 0 Å². The first-order chi connectivity index (χ1) is 5.24. The first-order valence-corrected chi connectivity index (χ1v) is 3.42. The average Bonchev–Trinajstić information content (AvgIpc) is 2.05. The predicted octanol–water partition coefficient (Wildman–Crippen LogP) is 0.00130. The van der Waals surface area contributed by atoms with Crippen molar-refractivity contribution in [2.24, 2.45) is 5.73 Å². The van der Waals surface area contributed by atoms with Crippen LogP contribution in [0.3, 0.4) is 0 Å². The lowest BCUT2D eigenvalue weighted by Gasteiger charge is -2.09. The molecule has 0 unspecified atom stereocenters. The number of hydrogen-bond donors (Lipinski definition) is 1. The van der Waals surface area contributed by atoms with E-state index < -0.39 is 0 Å². The van der Waals surface area contributed by atoms with Crippen molar-refractivity contribution < 1.29 is 0 Å². The van der Waals surface area contributed by atoms with Gasteiger partial charge in [-0.2, -0.15) is 0 Å². The molecule has 0 saturated carbocycles. The van der Waals surface area contributed by atoms with Gasteiger partial charge in [-0.15, -0.1) is 0 Å². The molecule has 2 N–H and O–H groups in total. The van der Waals surface area contributed by atoms with Crippen molar-refractivity contribution in [2.75, 3.05) is 19.0 Å². The van der Waals surface area contributed by atoms with E-state index in [4.69, 9.17) is 5.73 Å². The van der Waals surface area contributed by atoms with Gasteiger partial charge in [-0.1, -0.05) is 0 Å². The maximum Gasteiger partial charge on any atom is 0.146 e. The number of hydrogen-bond acceptors (Lipinski definition) is 4. The Hall–Kier alpha value is -1.16. The number of rotatable bonds is 2. The minimum atomic E-state index is 0.445. The average molecular weight is 152 g/mol. The maximum absolute atomic E-state index is 5.36. The van der Waals surface area contributed by atoms with Crippen molar-refractivity contribution in [1.82, 2.24) is 9.97 Å². The third-order valence-electron chi connectivity index (χ3n) is 1.36. The van der Waals surface area contributed by atoms with E-state index in [0.29, 0.717) is 6.54 Å². The van der Waals surface area contributed by atoms with Crippen LogP contribution in [0.4, 0.5) is 5.82 Å². The molecule has 60 valence electrons. The SMILES string of the molecule is CN(C)c1cnc(CN)cn1. The Kier molecular flexibility index (Phi) is 2.38. The van der Waals surface area contributed by atoms with Crippen molar-refractivity contribution >= 4 is 5.82 Å². The Labute approximate surface area is 66.1 Å². The van der Waals surface area contributed by atoms with E-state index in [0.717, 1.165) is 11.5 Å². The fraction of sp³-hybridized carbons (Fsp3) is 0.429. The van der Waals surface area contributed by atoms with Crippen LogP contribution in [0.2, 0.25) is 0 Å². The Balaban J connectivity index is 2.83. The van der Waals surface area contributed by atoms with Crippen LogP contribution in [0.1, 0.15) is 5.69 Å². The van der Waals surface area contributed by atoms with E-state index in [2.05, 4.69) is 9.97 Å². The molecule has 0 bridgehead atoms.